The molecule has 0 aliphatic carbocycles. The molecule has 6 nitrogen and oxygen atoms in total. The third kappa shape index (κ3) is 5.68. The van der Waals surface area contributed by atoms with Crippen LogP contribution in [-0.4, -0.2) is 26.0 Å². The molecule has 1 unspecified atom stereocenters. The first-order valence-electron chi connectivity index (χ1n) is 12.5. The Morgan fingerprint density at radius 1 is 0.763 bits per heavy atom. The second-order valence-electron chi connectivity index (χ2n) is 9.37. The first kappa shape index (κ1) is 25.4. The Bertz CT molecular complexity index is 1500. The van der Waals surface area contributed by atoms with E-state index in [0.717, 1.165) is 16.7 Å². The van der Waals surface area contributed by atoms with E-state index in [1.165, 1.54) is 6.07 Å². The van der Waals surface area contributed by atoms with Crippen LogP contribution in [0.4, 0.5) is 5.69 Å². The van der Waals surface area contributed by atoms with Gasteiger partial charge < -0.3 is 10.6 Å². The van der Waals surface area contributed by atoms with Crippen molar-refractivity contribution in [3.05, 3.63) is 131 Å². The van der Waals surface area contributed by atoms with Gasteiger partial charge in [-0.3, -0.25) is 9.59 Å². The molecule has 2 amide bonds. The van der Waals surface area contributed by atoms with Crippen LogP contribution in [0.5, 0.6) is 0 Å². The van der Waals surface area contributed by atoms with E-state index in [1.807, 2.05) is 66.7 Å². The molecule has 192 valence electrons. The number of sulfone groups is 1. The summed E-state index contributed by atoms with van der Waals surface area (Å²) >= 11 is 0. The topological polar surface area (TPSA) is 92.3 Å². The summed E-state index contributed by atoms with van der Waals surface area (Å²) in [6, 6.07) is 32.5. The van der Waals surface area contributed by atoms with Crippen molar-refractivity contribution >= 4 is 27.3 Å². The molecule has 0 saturated heterocycles. The molecule has 0 radical (unpaired) electrons. The lowest BCUT2D eigenvalue weighted by atomic mass is 9.96. The van der Waals surface area contributed by atoms with Crippen LogP contribution < -0.4 is 10.6 Å². The first-order valence-corrected chi connectivity index (χ1v) is 14.2. The zero-order chi connectivity index (χ0) is 26.5. The monoisotopic (exact) mass is 524 g/mol. The van der Waals surface area contributed by atoms with Gasteiger partial charge in [-0.05, 0) is 46.9 Å². The van der Waals surface area contributed by atoms with Gasteiger partial charge in [0.2, 0.25) is 11.8 Å². The zero-order valence-corrected chi connectivity index (χ0v) is 21.5. The van der Waals surface area contributed by atoms with Crippen LogP contribution in [0, 0.1) is 0 Å². The van der Waals surface area contributed by atoms with Crippen LogP contribution >= 0.6 is 0 Å². The molecule has 4 aromatic rings. The highest BCUT2D eigenvalue weighted by atomic mass is 32.2. The lowest BCUT2D eigenvalue weighted by Crippen LogP contribution is -2.36. The summed E-state index contributed by atoms with van der Waals surface area (Å²) in [5.41, 5.74) is 3.83. The molecule has 7 heteroatoms. The number of rotatable bonds is 8. The van der Waals surface area contributed by atoms with Gasteiger partial charge in [-0.25, -0.2) is 8.42 Å². The van der Waals surface area contributed by atoms with Crippen LogP contribution in [0.25, 0.3) is 0 Å². The quantitative estimate of drug-likeness (QED) is 0.338. The second-order valence-corrected chi connectivity index (χ2v) is 11.4. The van der Waals surface area contributed by atoms with Crippen molar-refractivity contribution in [2.45, 2.75) is 29.7 Å². The maximum absolute atomic E-state index is 13.9. The maximum Gasteiger partial charge on any atom is 0.229 e. The average Bonchev–Trinajstić information content (AvgIpc) is 2.95. The van der Waals surface area contributed by atoms with E-state index in [2.05, 4.69) is 10.6 Å². The molecular weight excluding hydrogens is 496 g/mol. The minimum Gasteiger partial charge on any atom is -0.345 e. The molecule has 4 aromatic carbocycles. The van der Waals surface area contributed by atoms with Crippen LogP contribution in [0.1, 0.15) is 40.6 Å². The zero-order valence-electron chi connectivity index (χ0n) is 20.7. The van der Waals surface area contributed by atoms with E-state index >= 15 is 0 Å². The molecule has 38 heavy (non-hydrogen) atoms. The highest BCUT2D eigenvalue weighted by Crippen LogP contribution is 2.30. The average molecular weight is 525 g/mol. The molecule has 0 saturated carbocycles. The lowest BCUT2D eigenvalue weighted by Gasteiger charge is -2.24. The fourth-order valence-electron chi connectivity index (χ4n) is 4.77. The van der Waals surface area contributed by atoms with Gasteiger partial charge in [0.25, 0.3) is 0 Å². The Morgan fingerprint density at radius 2 is 1.32 bits per heavy atom. The number of aryl methyl sites for hydroxylation is 1. The van der Waals surface area contributed by atoms with Crippen molar-refractivity contribution < 1.29 is 18.0 Å². The standard InChI is InChI=1S/C31H28N2O4S/c34-29-19-16-25-20-26(17-18-28(25)32-29)38(36,37)21-27(22-10-4-1-5-11-22)31(35)33-30(23-12-6-2-7-13-23)24-14-8-3-9-15-24/h1-15,17-18,20,27,30H,16,19,21H2,(H,32,34)(H,33,35). The molecule has 1 heterocycles. The summed E-state index contributed by atoms with van der Waals surface area (Å²) in [5.74, 6) is -1.76. The number of hydrogen-bond acceptors (Lipinski definition) is 4. The number of hydrogen-bond donors (Lipinski definition) is 2. The van der Waals surface area contributed by atoms with Gasteiger partial charge in [0.1, 0.15) is 0 Å². The fourth-order valence-corrected chi connectivity index (χ4v) is 6.34. The van der Waals surface area contributed by atoms with Crippen molar-refractivity contribution in [1.29, 1.82) is 0 Å². The number of amides is 2. The van der Waals surface area contributed by atoms with Gasteiger partial charge >= 0.3 is 0 Å². The van der Waals surface area contributed by atoms with Gasteiger partial charge in [0, 0.05) is 12.1 Å². The normalized spacial score (nSPS) is 13.9. The van der Waals surface area contributed by atoms with Crippen molar-refractivity contribution in [2.24, 2.45) is 0 Å². The smallest absolute Gasteiger partial charge is 0.229 e. The summed E-state index contributed by atoms with van der Waals surface area (Å²) in [6.07, 6.45) is 0.787. The van der Waals surface area contributed by atoms with Crippen LogP contribution in [0.3, 0.4) is 0 Å². The van der Waals surface area contributed by atoms with E-state index < -0.39 is 21.8 Å². The van der Waals surface area contributed by atoms with Crippen molar-refractivity contribution in [1.82, 2.24) is 5.32 Å². The van der Waals surface area contributed by atoms with E-state index in [0.29, 0.717) is 24.1 Å². The van der Waals surface area contributed by atoms with Crippen LogP contribution in [-0.2, 0) is 25.8 Å². The largest absolute Gasteiger partial charge is 0.345 e. The summed E-state index contributed by atoms with van der Waals surface area (Å²) in [6.45, 7) is 0. The van der Waals surface area contributed by atoms with Gasteiger partial charge in [0.15, 0.2) is 9.84 Å². The van der Waals surface area contributed by atoms with Gasteiger partial charge in [-0.15, -0.1) is 0 Å². The number of fused-ring (bicyclic) bond motifs is 1. The fraction of sp³-hybridized carbons (Fsp3) is 0.161. The molecule has 0 spiro atoms. The Kier molecular flexibility index (Phi) is 7.38. The minimum atomic E-state index is -3.84. The van der Waals surface area contributed by atoms with E-state index in [-0.39, 0.29) is 22.5 Å². The van der Waals surface area contributed by atoms with Crippen molar-refractivity contribution in [2.75, 3.05) is 11.1 Å². The van der Waals surface area contributed by atoms with E-state index in [1.54, 1.807) is 36.4 Å². The van der Waals surface area contributed by atoms with Gasteiger partial charge in [-0.2, -0.15) is 0 Å². The molecule has 1 aliphatic rings. The third-order valence-electron chi connectivity index (χ3n) is 6.79. The van der Waals surface area contributed by atoms with Crippen molar-refractivity contribution in [3.63, 3.8) is 0 Å². The minimum absolute atomic E-state index is 0.0830. The van der Waals surface area contributed by atoms with Gasteiger partial charge in [0.05, 0.1) is 22.6 Å². The number of anilines is 1. The highest BCUT2D eigenvalue weighted by molar-refractivity contribution is 7.91. The summed E-state index contributed by atoms with van der Waals surface area (Å²) < 4.78 is 27.3. The molecule has 0 bridgehead atoms. The molecule has 0 aromatic heterocycles. The summed E-state index contributed by atoms with van der Waals surface area (Å²) in [4.78, 5) is 25.7. The summed E-state index contributed by atoms with van der Waals surface area (Å²) in [5, 5.41) is 5.90. The Morgan fingerprint density at radius 3 is 1.89 bits per heavy atom. The van der Waals surface area contributed by atoms with Crippen LogP contribution in [0.2, 0.25) is 0 Å². The molecule has 1 aliphatic heterocycles. The molecule has 5 rings (SSSR count). The predicted molar refractivity (Wildman–Crippen MR) is 147 cm³/mol. The Hall–Kier alpha value is -4.23. The maximum atomic E-state index is 13.9. The SMILES string of the molecule is O=C1CCc2cc(S(=O)(=O)CC(C(=O)NC(c3ccccc3)c3ccccc3)c3ccccc3)ccc2N1. The van der Waals surface area contributed by atoms with Crippen LogP contribution in [0.15, 0.2) is 114 Å². The highest BCUT2D eigenvalue weighted by Gasteiger charge is 2.31. The van der Waals surface area contributed by atoms with Gasteiger partial charge in [-0.1, -0.05) is 91.0 Å². The molecule has 1 atom stereocenters. The number of carbonyl (C=O) groups excluding carboxylic acids is 2. The Balaban J connectivity index is 1.47. The lowest BCUT2D eigenvalue weighted by molar-refractivity contribution is -0.122. The second kappa shape index (κ2) is 11.0. The molecular formula is C31H28N2O4S. The van der Waals surface area contributed by atoms with E-state index in [4.69, 9.17) is 0 Å². The first-order chi connectivity index (χ1) is 18.4. The Labute approximate surface area is 222 Å². The molecule has 0 fully saturated rings. The predicted octanol–water partition coefficient (Wildman–Crippen LogP) is 5.03. The molecule has 2 N–H and O–H groups in total. The number of benzene rings is 4. The number of carbonyl (C=O) groups is 2. The van der Waals surface area contributed by atoms with Crippen molar-refractivity contribution in [3.8, 4) is 0 Å². The third-order valence-corrected chi connectivity index (χ3v) is 8.53. The summed E-state index contributed by atoms with van der Waals surface area (Å²) in [7, 11) is -3.84. The number of nitrogens with one attached hydrogen (secondary N) is 2. The van der Waals surface area contributed by atoms with E-state index in [9.17, 15) is 18.0 Å².